The Morgan fingerprint density at radius 3 is 2.46 bits per heavy atom. The molecular formula is C20H21F2N3O3. The third-order valence-electron chi connectivity index (χ3n) is 5.23. The van der Waals surface area contributed by atoms with Crippen molar-refractivity contribution in [2.45, 2.75) is 39.8 Å². The van der Waals surface area contributed by atoms with Crippen molar-refractivity contribution in [1.29, 1.82) is 0 Å². The number of nitrogens with one attached hydrogen (secondary N) is 1. The fraction of sp³-hybridized carbons (Fsp3) is 0.350. The second-order valence-corrected chi connectivity index (χ2v) is 7.02. The van der Waals surface area contributed by atoms with Crippen LogP contribution in [0.4, 0.5) is 13.6 Å². The van der Waals surface area contributed by atoms with Gasteiger partial charge in [0.1, 0.15) is 17.2 Å². The summed E-state index contributed by atoms with van der Waals surface area (Å²) in [6.45, 7) is 7.10. The highest BCUT2D eigenvalue weighted by atomic mass is 19.1. The summed E-state index contributed by atoms with van der Waals surface area (Å²) >= 11 is 0. The molecule has 1 saturated heterocycles. The minimum absolute atomic E-state index is 0.287. The number of halogens is 2. The standard InChI is InChI=1S/C20H21F2N3O3/c1-5-24-11(2)8-14(12(24)3)17(26)10-25-18(27)20(4,23-19(25)28)15-9-13(21)6-7-16(15)22/h6-9H,5,10H2,1-4H3,(H,23,28). The largest absolute Gasteiger partial charge is 0.349 e. The number of rotatable bonds is 5. The molecule has 28 heavy (non-hydrogen) atoms. The minimum atomic E-state index is -1.79. The van der Waals surface area contributed by atoms with Crippen LogP contribution in [0.15, 0.2) is 24.3 Å². The first kappa shape index (κ1) is 19.7. The lowest BCUT2D eigenvalue weighted by molar-refractivity contribution is -0.130. The van der Waals surface area contributed by atoms with Gasteiger partial charge in [-0.2, -0.15) is 0 Å². The molecule has 6 nitrogen and oxygen atoms in total. The zero-order chi connectivity index (χ0) is 20.8. The maximum atomic E-state index is 14.2. The monoisotopic (exact) mass is 389 g/mol. The highest BCUT2D eigenvalue weighted by molar-refractivity contribution is 6.11. The van der Waals surface area contributed by atoms with Crippen molar-refractivity contribution >= 4 is 17.7 Å². The number of carbonyl (C=O) groups is 3. The average molecular weight is 389 g/mol. The number of amides is 3. The predicted molar refractivity (Wildman–Crippen MR) is 97.9 cm³/mol. The summed E-state index contributed by atoms with van der Waals surface area (Å²) in [6.07, 6.45) is 0. The molecule has 1 N–H and O–H groups in total. The van der Waals surface area contributed by atoms with Crippen molar-refractivity contribution in [3.05, 3.63) is 58.4 Å². The molecule has 0 spiro atoms. The molecule has 1 unspecified atom stereocenters. The summed E-state index contributed by atoms with van der Waals surface area (Å²) in [4.78, 5) is 38.7. The zero-order valence-electron chi connectivity index (χ0n) is 16.1. The second-order valence-electron chi connectivity index (χ2n) is 7.02. The van der Waals surface area contributed by atoms with Crippen LogP contribution in [0.25, 0.3) is 0 Å². The van der Waals surface area contributed by atoms with E-state index in [4.69, 9.17) is 0 Å². The number of ketones is 1. The topological polar surface area (TPSA) is 71.4 Å². The summed E-state index contributed by atoms with van der Waals surface area (Å²) in [5.74, 6) is -2.77. The first-order chi connectivity index (χ1) is 13.1. The Kier molecular flexibility index (Phi) is 4.82. The Labute approximate surface area is 161 Å². The van der Waals surface area contributed by atoms with Gasteiger partial charge in [-0.25, -0.2) is 13.6 Å². The van der Waals surface area contributed by atoms with Crippen LogP contribution in [0.5, 0.6) is 0 Å². The van der Waals surface area contributed by atoms with E-state index in [0.29, 0.717) is 12.1 Å². The summed E-state index contributed by atoms with van der Waals surface area (Å²) < 4.78 is 29.7. The minimum Gasteiger partial charge on any atom is -0.349 e. The van der Waals surface area contributed by atoms with Crippen LogP contribution in [0.1, 0.15) is 41.2 Å². The number of carbonyl (C=O) groups excluding carboxylic acids is 3. The fourth-order valence-corrected chi connectivity index (χ4v) is 3.70. The second kappa shape index (κ2) is 6.85. The van der Waals surface area contributed by atoms with E-state index >= 15 is 0 Å². The molecule has 3 amide bonds. The van der Waals surface area contributed by atoms with Gasteiger partial charge in [0.15, 0.2) is 5.78 Å². The molecule has 3 rings (SSSR count). The van der Waals surface area contributed by atoms with Gasteiger partial charge in [0.25, 0.3) is 5.91 Å². The summed E-state index contributed by atoms with van der Waals surface area (Å²) in [7, 11) is 0. The van der Waals surface area contributed by atoms with E-state index in [2.05, 4.69) is 5.32 Å². The van der Waals surface area contributed by atoms with Crippen LogP contribution in [0.2, 0.25) is 0 Å². The fourth-order valence-electron chi connectivity index (χ4n) is 3.70. The van der Waals surface area contributed by atoms with Gasteiger partial charge >= 0.3 is 6.03 Å². The van der Waals surface area contributed by atoms with Crippen molar-refractivity contribution in [1.82, 2.24) is 14.8 Å². The molecule has 1 aromatic carbocycles. The Morgan fingerprint density at radius 2 is 1.86 bits per heavy atom. The van der Waals surface area contributed by atoms with E-state index in [-0.39, 0.29) is 5.56 Å². The van der Waals surface area contributed by atoms with Crippen molar-refractivity contribution < 1.29 is 23.2 Å². The highest BCUT2D eigenvalue weighted by Crippen LogP contribution is 2.31. The van der Waals surface area contributed by atoms with E-state index in [9.17, 15) is 23.2 Å². The summed E-state index contributed by atoms with van der Waals surface area (Å²) in [6, 6.07) is 3.57. The number of hydrogen-bond donors (Lipinski definition) is 1. The third kappa shape index (κ3) is 2.98. The maximum absolute atomic E-state index is 14.2. The molecule has 1 aliphatic heterocycles. The molecule has 1 aromatic heterocycles. The first-order valence-corrected chi connectivity index (χ1v) is 8.89. The van der Waals surface area contributed by atoms with Crippen LogP contribution in [0.3, 0.4) is 0 Å². The molecule has 1 aliphatic rings. The van der Waals surface area contributed by atoms with E-state index in [0.717, 1.165) is 34.5 Å². The molecule has 148 valence electrons. The molecule has 2 heterocycles. The van der Waals surface area contributed by atoms with Gasteiger partial charge in [-0.15, -0.1) is 0 Å². The van der Waals surface area contributed by atoms with E-state index in [1.807, 2.05) is 18.4 Å². The molecule has 0 bridgehead atoms. The first-order valence-electron chi connectivity index (χ1n) is 8.89. The molecule has 1 fully saturated rings. The quantitative estimate of drug-likeness (QED) is 0.631. The summed E-state index contributed by atoms with van der Waals surface area (Å²) in [5.41, 5.74) is -0.0113. The van der Waals surface area contributed by atoms with Crippen LogP contribution < -0.4 is 5.32 Å². The Hall–Kier alpha value is -3.03. The van der Waals surface area contributed by atoms with Gasteiger partial charge in [-0.05, 0) is 52.0 Å². The third-order valence-corrected chi connectivity index (χ3v) is 5.23. The van der Waals surface area contributed by atoms with Crippen LogP contribution in [0, 0.1) is 25.5 Å². The van der Waals surface area contributed by atoms with E-state index in [1.54, 1.807) is 13.0 Å². The lowest BCUT2D eigenvalue weighted by Gasteiger charge is -2.22. The Bertz CT molecular complexity index is 999. The highest BCUT2D eigenvalue weighted by Gasteiger charge is 2.51. The van der Waals surface area contributed by atoms with Crippen molar-refractivity contribution in [2.24, 2.45) is 0 Å². The van der Waals surface area contributed by atoms with Crippen molar-refractivity contribution in [2.75, 3.05) is 6.54 Å². The number of urea groups is 1. The van der Waals surface area contributed by atoms with Crippen LogP contribution >= 0.6 is 0 Å². The van der Waals surface area contributed by atoms with Crippen LogP contribution in [-0.4, -0.2) is 33.7 Å². The van der Waals surface area contributed by atoms with Gasteiger partial charge in [-0.1, -0.05) is 0 Å². The van der Waals surface area contributed by atoms with Gasteiger partial charge < -0.3 is 9.88 Å². The number of benzene rings is 1. The number of aryl methyl sites for hydroxylation is 1. The number of Topliss-reactive ketones (excluding diaryl/α,β-unsaturated/α-hetero) is 1. The SMILES string of the molecule is CCn1c(C)cc(C(=O)CN2C(=O)NC(C)(c3cc(F)ccc3F)C2=O)c1C. The molecule has 0 radical (unpaired) electrons. The van der Waals surface area contributed by atoms with Crippen LogP contribution in [-0.2, 0) is 16.9 Å². The normalized spacial score (nSPS) is 19.3. The molecule has 0 saturated carbocycles. The van der Waals surface area contributed by atoms with Gasteiger partial charge in [0, 0.05) is 29.1 Å². The smallest absolute Gasteiger partial charge is 0.325 e. The number of hydrogen-bond acceptors (Lipinski definition) is 3. The number of imide groups is 1. The van der Waals surface area contributed by atoms with Gasteiger partial charge in [0.2, 0.25) is 0 Å². The molecule has 1 atom stereocenters. The zero-order valence-corrected chi connectivity index (χ0v) is 16.1. The Morgan fingerprint density at radius 1 is 1.18 bits per heavy atom. The van der Waals surface area contributed by atoms with Gasteiger partial charge in [-0.3, -0.25) is 14.5 Å². The number of nitrogens with zero attached hydrogens (tertiary/aromatic N) is 2. The average Bonchev–Trinajstić information content (AvgIpc) is 3.04. The lowest BCUT2D eigenvalue weighted by Crippen LogP contribution is -2.42. The maximum Gasteiger partial charge on any atom is 0.325 e. The van der Waals surface area contributed by atoms with Crippen molar-refractivity contribution in [3.63, 3.8) is 0 Å². The number of aromatic nitrogens is 1. The van der Waals surface area contributed by atoms with Gasteiger partial charge in [0.05, 0.1) is 6.54 Å². The predicted octanol–water partition coefficient (Wildman–Crippen LogP) is 3.05. The van der Waals surface area contributed by atoms with E-state index in [1.165, 1.54) is 6.92 Å². The Balaban J connectivity index is 1.90. The molecule has 2 aromatic rings. The lowest BCUT2D eigenvalue weighted by atomic mass is 9.91. The molecular weight excluding hydrogens is 368 g/mol. The summed E-state index contributed by atoms with van der Waals surface area (Å²) in [5, 5.41) is 2.39. The van der Waals surface area contributed by atoms with E-state index < -0.39 is 41.4 Å². The van der Waals surface area contributed by atoms with Crippen molar-refractivity contribution in [3.8, 4) is 0 Å². The molecule has 8 heteroatoms. The molecule has 0 aliphatic carbocycles.